The molecule has 0 radical (unpaired) electrons. The molecular formula is C22H23ClN2O4. The highest BCUT2D eigenvalue weighted by atomic mass is 35.5. The number of hydrogen-bond acceptors (Lipinski definition) is 3. The van der Waals surface area contributed by atoms with Gasteiger partial charge in [0, 0.05) is 10.6 Å². The van der Waals surface area contributed by atoms with Gasteiger partial charge in [0.1, 0.15) is 11.7 Å². The Labute approximate surface area is 174 Å². The van der Waals surface area contributed by atoms with E-state index in [1.165, 1.54) is 6.08 Å². The van der Waals surface area contributed by atoms with Gasteiger partial charge in [0.15, 0.2) is 0 Å². The van der Waals surface area contributed by atoms with Crippen molar-refractivity contribution in [2.24, 2.45) is 5.92 Å². The molecule has 0 aliphatic carbocycles. The summed E-state index contributed by atoms with van der Waals surface area (Å²) in [5.41, 5.74) is 0.944. The predicted octanol–water partition coefficient (Wildman–Crippen LogP) is 3.73. The van der Waals surface area contributed by atoms with Gasteiger partial charge < -0.3 is 15.7 Å². The van der Waals surface area contributed by atoms with Crippen molar-refractivity contribution in [3.05, 3.63) is 76.4 Å². The molecule has 7 heteroatoms. The van der Waals surface area contributed by atoms with Gasteiger partial charge in [-0.15, -0.1) is 0 Å². The van der Waals surface area contributed by atoms with Gasteiger partial charge in [-0.2, -0.15) is 0 Å². The Morgan fingerprint density at radius 2 is 1.66 bits per heavy atom. The van der Waals surface area contributed by atoms with E-state index >= 15 is 0 Å². The fourth-order valence-corrected chi connectivity index (χ4v) is 2.72. The number of rotatable bonds is 8. The minimum atomic E-state index is -1.13. The second kappa shape index (κ2) is 10.4. The van der Waals surface area contributed by atoms with Crippen molar-refractivity contribution in [2.75, 3.05) is 0 Å². The van der Waals surface area contributed by atoms with Crippen LogP contribution in [0.1, 0.15) is 36.2 Å². The van der Waals surface area contributed by atoms with Gasteiger partial charge in [-0.05, 0) is 48.2 Å². The van der Waals surface area contributed by atoms with E-state index in [-0.39, 0.29) is 18.0 Å². The summed E-state index contributed by atoms with van der Waals surface area (Å²) in [6.07, 6.45) is 1.74. The third-order valence-corrected chi connectivity index (χ3v) is 4.27. The SMILES string of the molecule is CC(C)C[C@@H](NC(=O)/C(=C/c1ccc(Cl)cc1)NC(=O)c1ccccc1)C(=O)O. The summed E-state index contributed by atoms with van der Waals surface area (Å²) in [7, 11) is 0. The van der Waals surface area contributed by atoms with Crippen LogP contribution in [0.15, 0.2) is 60.3 Å². The second-order valence-corrected chi connectivity index (χ2v) is 7.36. The summed E-state index contributed by atoms with van der Waals surface area (Å²) in [6, 6.07) is 14.0. The summed E-state index contributed by atoms with van der Waals surface area (Å²) < 4.78 is 0. The van der Waals surface area contributed by atoms with Crippen LogP contribution in [0.4, 0.5) is 0 Å². The zero-order chi connectivity index (χ0) is 21.4. The Morgan fingerprint density at radius 1 is 1.03 bits per heavy atom. The van der Waals surface area contributed by atoms with Crippen LogP contribution < -0.4 is 10.6 Å². The van der Waals surface area contributed by atoms with Crippen LogP contribution in [0.5, 0.6) is 0 Å². The zero-order valence-corrected chi connectivity index (χ0v) is 16.9. The van der Waals surface area contributed by atoms with E-state index in [4.69, 9.17) is 11.6 Å². The van der Waals surface area contributed by atoms with Crippen molar-refractivity contribution in [3.63, 3.8) is 0 Å². The molecule has 6 nitrogen and oxygen atoms in total. The number of nitrogens with one attached hydrogen (secondary N) is 2. The van der Waals surface area contributed by atoms with Gasteiger partial charge >= 0.3 is 5.97 Å². The first kappa shape index (κ1) is 22.2. The Hall–Kier alpha value is -3.12. The summed E-state index contributed by atoms with van der Waals surface area (Å²) in [4.78, 5) is 36.8. The molecular weight excluding hydrogens is 392 g/mol. The average molecular weight is 415 g/mol. The number of carboxylic acid groups (broad SMARTS) is 1. The maximum atomic E-state index is 12.8. The van der Waals surface area contributed by atoms with Crippen molar-refractivity contribution < 1.29 is 19.5 Å². The van der Waals surface area contributed by atoms with E-state index in [1.54, 1.807) is 54.6 Å². The largest absolute Gasteiger partial charge is 0.480 e. The first-order valence-corrected chi connectivity index (χ1v) is 9.51. The monoisotopic (exact) mass is 414 g/mol. The zero-order valence-electron chi connectivity index (χ0n) is 16.2. The quantitative estimate of drug-likeness (QED) is 0.573. The number of benzene rings is 2. The van der Waals surface area contributed by atoms with E-state index < -0.39 is 23.8 Å². The Morgan fingerprint density at radius 3 is 2.21 bits per heavy atom. The average Bonchev–Trinajstić information content (AvgIpc) is 2.68. The lowest BCUT2D eigenvalue weighted by molar-refractivity contribution is -0.141. The first-order valence-electron chi connectivity index (χ1n) is 9.13. The van der Waals surface area contributed by atoms with Crippen molar-refractivity contribution in [2.45, 2.75) is 26.3 Å². The Bertz CT molecular complexity index is 893. The van der Waals surface area contributed by atoms with Crippen molar-refractivity contribution in [1.29, 1.82) is 0 Å². The summed E-state index contributed by atoms with van der Waals surface area (Å²) in [6.45, 7) is 3.73. The molecule has 1 atom stereocenters. The summed E-state index contributed by atoms with van der Waals surface area (Å²) >= 11 is 5.89. The lowest BCUT2D eigenvalue weighted by atomic mass is 10.0. The Balaban J connectivity index is 2.30. The minimum Gasteiger partial charge on any atom is -0.480 e. The normalized spacial score (nSPS) is 12.3. The smallest absolute Gasteiger partial charge is 0.326 e. The molecule has 29 heavy (non-hydrogen) atoms. The van der Waals surface area contributed by atoms with Crippen molar-refractivity contribution in [1.82, 2.24) is 10.6 Å². The maximum Gasteiger partial charge on any atom is 0.326 e. The van der Waals surface area contributed by atoms with Crippen LogP contribution >= 0.6 is 11.6 Å². The van der Waals surface area contributed by atoms with Crippen molar-refractivity contribution in [3.8, 4) is 0 Å². The second-order valence-electron chi connectivity index (χ2n) is 6.92. The van der Waals surface area contributed by atoms with E-state index in [0.717, 1.165) is 0 Å². The van der Waals surface area contributed by atoms with Gasteiger partial charge in [0.25, 0.3) is 11.8 Å². The van der Waals surface area contributed by atoms with Gasteiger partial charge in [-0.1, -0.05) is 55.8 Å². The fourth-order valence-electron chi connectivity index (χ4n) is 2.60. The molecule has 0 heterocycles. The maximum absolute atomic E-state index is 12.8. The summed E-state index contributed by atoms with van der Waals surface area (Å²) in [5.74, 6) is -2.22. The topological polar surface area (TPSA) is 95.5 Å². The lowest BCUT2D eigenvalue weighted by Crippen LogP contribution is -2.45. The highest BCUT2D eigenvalue weighted by Crippen LogP contribution is 2.13. The molecule has 3 N–H and O–H groups in total. The molecule has 0 aromatic heterocycles. The molecule has 0 unspecified atom stereocenters. The molecule has 2 aromatic rings. The van der Waals surface area contributed by atoms with E-state index in [2.05, 4.69) is 10.6 Å². The molecule has 0 fully saturated rings. The highest BCUT2D eigenvalue weighted by molar-refractivity contribution is 6.30. The molecule has 0 saturated heterocycles. The molecule has 0 aliphatic rings. The molecule has 2 aromatic carbocycles. The van der Waals surface area contributed by atoms with Gasteiger partial charge in [-0.3, -0.25) is 9.59 Å². The number of amides is 2. The van der Waals surface area contributed by atoms with E-state index in [0.29, 0.717) is 16.1 Å². The van der Waals surface area contributed by atoms with Crippen LogP contribution in [0.2, 0.25) is 5.02 Å². The number of carbonyl (C=O) groups is 3. The molecule has 152 valence electrons. The van der Waals surface area contributed by atoms with E-state index in [9.17, 15) is 19.5 Å². The number of carboxylic acids is 1. The van der Waals surface area contributed by atoms with Crippen molar-refractivity contribution >= 4 is 35.5 Å². The van der Waals surface area contributed by atoms with Gasteiger partial charge in [0.05, 0.1) is 0 Å². The minimum absolute atomic E-state index is 0.0591. The van der Waals surface area contributed by atoms with Gasteiger partial charge in [0.2, 0.25) is 0 Å². The third-order valence-electron chi connectivity index (χ3n) is 4.02. The molecule has 0 bridgehead atoms. The molecule has 2 amide bonds. The standard InChI is InChI=1S/C22H23ClN2O4/c1-14(2)12-19(22(28)29)25-21(27)18(13-15-8-10-17(23)11-9-15)24-20(26)16-6-4-3-5-7-16/h3-11,13-14,19H,12H2,1-2H3,(H,24,26)(H,25,27)(H,28,29)/b18-13-/t19-/m1/s1. The molecule has 0 saturated carbocycles. The van der Waals surface area contributed by atoms with Crippen LogP contribution in [0.25, 0.3) is 6.08 Å². The highest BCUT2D eigenvalue weighted by Gasteiger charge is 2.24. The predicted molar refractivity (Wildman–Crippen MR) is 112 cm³/mol. The third kappa shape index (κ3) is 7.08. The van der Waals surface area contributed by atoms with Gasteiger partial charge in [-0.25, -0.2) is 4.79 Å². The molecule has 0 aliphatic heterocycles. The van der Waals surface area contributed by atoms with Crippen LogP contribution in [0, 0.1) is 5.92 Å². The number of hydrogen-bond donors (Lipinski definition) is 3. The first-order chi connectivity index (χ1) is 13.8. The lowest BCUT2D eigenvalue weighted by Gasteiger charge is -2.18. The number of aliphatic carboxylic acids is 1. The number of carbonyl (C=O) groups excluding carboxylic acids is 2. The summed E-state index contributed by atoms with van der Waals surface area (Å²) in [5, 5.41) is 15.0. The van der Waals surface area contributed by atoms with Crippen LogP contribution in [0.3, 0.4) is 0 Å². The fraction of sp³-hybridized carbons (Fsp3) is 0.227. The molecule has 0 spiro atoms. The van der Waals surface area contributed by atoms with Crippen LogP contribution in [-0.4, -0.2) is 28.9 Å². The Kier molecular flexibility index (Phi) is 7.98. The van der Waals surface area contributed by atoms with E-state index in [1.807, 2.05) is 13.8 Å². The molecule has 2 rings (SSSR count). The van der Waals surface area contributed by atoms with Crippen LogP contribution in [-0.2, 0) is 9.59 Å². The number of halogens is 1.